The largest absolute Gasteiger partial charge is 3.00 e. The minimum Gasteiger partial charge on any atom is -2.00 e. The maximum absolute atomic E-state index is 0. The molecule has 0 saturated heterocycles. The maximum Gasteiger partial charge on any atom is 3.00 e. The third kappa shape index (κ3) is 21.2. The SMILES string of the molecule is [Dy+3].[Gd+3].[O-2].[O-2].[O-2]. The quantitative estimate of drug-likeness (QED) is 0.560. The minimum atomic E-state index is 0. The molecule has 2 radical (unpaired) electrons. The van der Waals surface area contributed by atoms with Crippen molar-refractivity contribution in [2.24, 2.45) is 0 Å². The second-order valence-electron chi connectivity index (χ2n) is 0. The molecule has 5 heteroatoms. The van der Waals surface area contributed by atoms with Crippen LogP contribution in [0.15, 0.2) is 0 Å². The molecule has 0 bridgehead atoms. The van der Waals surface area contributed by atoms with Gasteiger partial charge in [-0.2, -0.15) is 0 Å². The van der Waals surface area contributed by atoms with Crippen molar-refractivity contribution < 1.29 is 94.5 Å². The molecule has 0 fully saturated rings. The summed E-state index contributed by atoms with van der Waals surface area (Å²) in [6.45, 7) is 0. The van der Waals surface area contributed by atoms with E-state index < -0.39 is 0 Å². The van der Waals surface area contributed by atoms with E-state index >= 15 is 0 Å². The first-order valence-electron chi connectivity index (χ1n) is 0. The van der Waals surface area contributed by atoms with Crippen LogP contribution in [0, 0.1) is 78.1 Å². The zero-order valence-electron chi connectivity index (χ0n) is 1.89. The summed E-state index contributed by atoms with van der Waals surface area (Å²) < 4.78 is 0. The summed E-state index contributed by atoms with van der Waals surface area (Å²) in [6.07, 6.45) is 0. The van der Waals surface area contributed by atoms with Crippen LogP contribution in [-0.4, -0.2) is 0 Å². The topological polar surface area (TPSA) is 85.5 Å². The van der Waals surface area contributed by atoms with E-state index in [4.69, 9.17) is 0 Å². The van der Waals surface area contributed by atoms with Gasteiger partial charge in [-0.1, -0.05) is 0 Å². The van der Waals surface area contributed by atoms with E-state index in [1.54, 1.807) is 0 Å². The molecule has 0 aliphatic carbocycles. The third-order valence-corrected chi connectivity index (χ3v) is 0. The molecule has 0 atom stereocenters. The van der Waals surface area contributed by atoms with E-state index in [0.29, 0.717) is 0 Å². The van der Waals surface area contributed by atoms with Crippen molar-refractivity contribution in [2.75, 3.05) is 0 Å². The molecule has 0 aromatic carbocycles. The van der Waals surface area contributed by atoms with Gasteiger partial charge < -0.3 is 16.4 Å². The molecular formula is DyGdO3. The van der Waals surface area contributed by atoms with Gasteiger partial charge in [0.25, 0.3) is 0 Å². The molecule has 0 spiro atoms. The molecule has 0 rings (SSSR count). The average molecular weight is 368 g/mol. The Labute approximate surface area is 92.5 Å². The maximum atomic E-state index is 0. The van der Waals surface area contributed by atoms with Crippen LogP contribution in [0.3, 0.4) is 0 Å². The molecule has 0 aromatic rings. The van der Waals surface area contributed by atoms with Gasteiger partial charge in [-0.05, 0) is 0 Å². The first-order chi connectivity index (χ1) is 0. The molecule has 0 amide bonds. The smallest absolute Gasteiger partial charge is 2.00 e. The molecule has 0 aliphatic heterocycles. The van der Waals surface area contributed by atoms with Gasteiger partial charge >= 0.3 is 78.1 Å². The summed E-state index contributed by atoms with van der Waals surface area (Å²) >= 11 is 0. The predicted molar refractivity (Wildman–Crippen MR) is 2.06 cm³/mol. The van der Waals surface area contributed by atoms with Gasteiger partial charge in [-0.15, -0.1) is 0 Å². The average Bonchev–Trinajstić information content (AvgIpc) is 0. The Kier molecular flexibility index (Phi) is 324. The number of hydrogen-bond acceptors (Lipinski definition) is 0. The second-order valence-corrected chi connectivity index (χ2v) is 0. The molecule has 0 saturated carbocycles. The van der Waals surface area contributed by atoms with Gasteiger partial charge in [-0.25, -0.2) is 0 Å². The van der Waals surface area contributed by atoms with E-state index in [2.05, 4.69) is 0 Å². The van der Waals surface area contributed by atoms with Crippen LogP contribution in [-0.2, 0) is 16.4 Å². The summed E-state index contributed by atoms with van der Waals surface area (Å²) in [7, 11) is 0. The van der Waals surface area contributed by atoms with Crippen molar-refractivity contribution in [1.29, 1.82) is 0 Å². The molecule has 0 aromatic heterocycles. The molecule has 0 aliphatic rings. The van der Waals surface area contributed by atoms with E-state index in [1.807, 2.05) is 0 Å². The van der Waals surface area contributed by atoms with Crippen LogP contribution in [0.4, 0.5) is 0 Å². The van der Waals surface area contributed by atoms with Gasteiger partial charge in [0.15, 0.2) is 0 Å². The van der Waals surface area contributed by atoms with Crippen LogP contribution in [0.25, 0.3) is 0 Å². The second kappa shape index (κ2) is 31.7. The van der Waals surface area contributed by atoms with Gasteiger partial charge in [0.1, 0.15) is 0 Å². The zero-order valence-corrected chi connectivity index (χ0v) is 6.19. The fourth-order valence-electron chi connectivity index (χ4n) is 0. The normalized spacial score (nSPS) is 0. The minimum absolute atomic E-state index is 0. The van der Waals surface area contributed by atoms with Crippen molar-refractivity contribution in [2.45, 2.75) is 0 Å². The Morgan fingerprint density at radius 2 is 0.600 bits per heavy atom. The predicted octanol–water partition coefficient (Wildman–Crippen LogP) is -0.356. The van der Waals surface area contributed by atoms with E-state index in [1.165, 1.54) is 0 Å². The summed E-state index contributed by atoms with van der Waals surface area (Å²) in [4.78, 5) is 0. The Balaban J connectivity index is 0. The van der Waals surface area contributed by atoms with E-state index in [-0.39, 0.29) is 94.5 Å². The van der Waals surface area contributed by atoms with Crippen molar-refractivity contribution in [1.82, 2.24) is 0 Å². The fourth-order valence-corrected chi connectivity index (χ4v) is 0. The van der Waals surface area contributed by atoms with Gasteiger partial charge in [-0.3, -0.25) is 0 Å². The van der Waals surface area contributed by atoms with E-state index in [9.17, 15) is 0 Å². The zero-order chi connectivity index (χ0) is 0. The Morgan fingerprint density at radius 3 is 0.600 bits per heavy atom. The number of rotatable bonds is 0. The first kappa shape index (κ1) is 51.1. The summed E-state index contributed by atoms with van der Waals surface area (Å²) in [5.41, 5.74) is 0. The molecule has 0 heterocycles. The van der Waals surface area contributed by atoms with E-state index in [0.717, 1.165) is 0 Å². The monoisotopic (exact) mass is 370 g/mol. The molecule has 0 unspecified atom stereocenters. The van der Waals surface area contributed by atoms with Crippen LogP contribution in [0.1, 0.15) is 0 Å². The van der Waals surface area contributed by atoms with Crippen LogP contribution < -0.4 is 0 Å². The van der Waals surface area contributed by atoms with Crippen molar-refractivity contribution in [3.05, 3.63) is 0 Å². The van der Waals surface area contributed by atoms with Crippen LogP contribution in [0.5, 0.6) is 0 Å². The summed E-state index contributed by atoms with van der Waals surface area (Å²) in [6, 6.07) is 0. The van der Waals surface area contributed by atoms with Crippen molar-refractivity contribution in [3.63, 3.8) is 0 Å². The Bertz CT molecular complexity index is 6.85. The summed E-state index contributed by atoms with van der Waals surface area (Å²) in [5, 5.41) is 0. The van der Waals surface area contributed by atoms with Gasteiger partial charge in [0.2, 0.25) is 0 Å². The molecule has 5 heavy (non-hydrogen) atoms. The molecule has 3 nitrogen and oxygen atoms in total. The summed E-state index contributed by atoms with van der Waals surface area (Å²) in [5.74, 6) is 0. The molecular weight excluding hydrogens is 368 g/mol. The van der Waals surface area contributed by atoms with Crippen molar-refractivity contribution in [3.8, 4) is 0 Å². The standard InChI is InChI=1S/Dy.Gd.3O/q2*+3;3*-2. The van der Waals surface area contributed by atoms with Crippen LogP contribution in [0.2, 0.25) is 0 Å². The fraction of sp³-hybridized carbons (Fsp3) is 0. The van der Waals surface area contributed by atoms with Gasteiger partial charge in [0.05, 0.1) is 0 Å². The molecule has 36 valence electrons. The van der Waals surface area contributed by atoms with Crippen LogP contribution >= 0.6 is 0 Å². The molecule has 0 N–H and O–H groups in total. The third-order valence-electron chi connectivity index (χ3n) is 0. The Morgan fingerprint density at radius 1 is 0.600 bits per heavy atom. The first-order valence-corrected chi connectivity index (χ1v) is 0. The van der Waals surface area contributed by atoms with Gasteiger partial charge in [0, 0.05) is 0 Å². The van der Waals surface area contributed by atoms with Crippen molar-refractivity contribution >= 4 is 0 Å². The Hall–Kier alpha value is 2.48. The number of hydrogen-bond donors (Lipinski definition) is 0.